The van der Waals surface area contributed by atoms with E-state index in [-0.39, 0.29) is 40.0 Å². The van der Waals surface area contributed by atoms with E-state index in [9.17, 15) is 13.2 Å². The number of hydrogen-bond acceptors (Lipinski definition) is 4. The van der Waals surface area contributed by atoms with Crippen LogP contribution in [0, 0.1) is 5.92 Å². The second kappa shape index (κ2) is 8.80. The van der Waals surface area contributed by atoms with Crippen molar-refractivity contribution in [3.8, 4) is 0 Å². The van der Waals surface area contributed by atoms with Gasteiger partial charge in [-0.1, -0.05) is 25.4 Å². The normalized spacial score (nSPS) is 14.5. The summed E-state index contributed by atoms with van der Waals surface area (Å²) in [5.41, 5.74) is 0.231. The number of benzene rings is 1. The molecular weight excluding hydrogens is 352 g/mol. The van der Waals surface area contributed by atoms with E-state index in [2.05, 4.69) is 5.32 Å². The first-order valence-corrected chi connectivity index (χ1v) is 9.59. The smallest absolute Gasteiger partial charge is 0.251 e. The van der Waals surface area contributed by atoms with Crippen molar-refractivity contribution in [2.45, 2.75) is 37.6 Å². The predicted molar refractivity (Wildman–Crippen MR) is 94.7 cm³/mol. The van der Waals surface area contributed by atoms with Crippen LogP contribution in [-0.4, -0.2) is 50.5 Å². The fourth-order valence-electron chi connectivity index (χ4n) is 2.20. The molecule has 8 heteroatoms. The molecule has 6 nitrogen and oxygen atoms in total. The standard InChI is InChI=1S/C16H25ClN2O4S/c1-5-13(8-11(2)10-20)18-16(21)12-6-7-14(17)15(9-12)24(22,23)19(3)4/h6-7,9,11,13,20H,5,8,10H2,1-4H3,(H,18,21). The molecule has 0 radical (unpaired) electrons. The third kappa shape index (κ3) is 5.17. The van der Waals surface area contributed by atoms with Crippen LogP contribution in [0.3, 0.4) is 0 Å². The summed E-state index contributed by atoms with van der Waals surface area (Å²) in [5.74, 6) is -0.288. The van der Waals surface area contributed by atoms with Crippen LogP contribution in [0.25, 0.3) is 0 Å². The molecule has 2 unspecified atom stereocenters. The highest BCUT2D eigenvalue weighted by atomic mass is 35.5. The van der Waals surface area contributed by atoms with Gasteiger partial charge >= 0.3 is 0 Å². The molecule has 1 aromatic rings. The lowest BCUT2D eigenvalue weighted by Gasteiger charge is -2.20. The average Bonchev–Trinajstić information content (AvgIpc) is 2.53. The predicted octanol–water partition coefficient (Wildman–Crippen LogP) is 2.12. The molecule has 1 aromatic carbocycles. The lowest BCUT2D eigenvalue weighted by molar-refractivity contribution is 0.0925. The van der Waals surface area contributed by atoms with Crippen LogP contribution in [0.4, 0.5) is 0 Å². The first-order chi connectivity index (χ1) is 11.1. The second-order valence-electron chi connectivity index (χ2n) is 6.03. The third-order valence-electron chi connectivity index (χ3n) is 3.78. The number of sulfonamides is 1. The monoisotopic (exact) mass is 376 g/mol. The summed E-state index contributed by atoms with van der Waals surface area (Å²) in [6.45, 7) is 3.90. The van der Waals surface area contributed by atoms with E-state index in [4.69, 9.17) is 16.7 Å². The van der Waals surface area contributed by atoms with Gasteiger partial charge in [0, 0.05) is 32.3 Å². The third-order valence-corrected chi connectivity index (χ3v) is 6.08. The van der Waals surface area contributed by atoms with Crippen molar-refractivity contribution in [1.29, 1.82) is 0 Å². The number of carbonyl (C=O) groups excluding carboxylic acids is 1. The fourth-order valence-corrected chi connectivity index (χ4v) is 3.59. The van der Waals surface area contributed by atoms with Crippen LogP contribution in [0.5, 0.6) is 0 Å². The van der Waals surface area contributed by atoms with Crippen LogP contribution in [0.15, 0.2) is 23.1 Å². The molecule has 1 rings (SSSR count). The SMILES string of the molecule is CCC(CC(C)CO)NC(=O)c1ccc(Cl)c(S(=O)(=O)N(C)C)c1. The van der Waals surface area contributed by atoms with Crippen molar-refractivity contribution in [1.82, 2.24) is 9.62 Å². The van der Waals surface area contributed by atoms with Gasteiger partial charge in [-0.05, 0) is 37.0 Å². The Kier molecular flexibility index (Phi) is 7.66. The Bertz CT molecular complexity index is 677. The van der Waals surface area contributed by atoms with E-state index in [1.54, 1.807) is 0 Å². The molecule has 2 atom stereocenters. The summed E-state index contributed by atoms with van der Waals surface area (Å²) >= 11 is 5.98. The zero-order chi connectivity index (χ0) is 18.5. The average molecular weight is 377 g/mol. The molecule has 0 aromatic heterocycles. The zero-order valence-electron chi connectivity index (χ0n) is 14.4. The molecule has 0 aliphatic carbocycles. The van der Waals surface area contributed by atoms with E-state index in [1.807, 2.05) is 13.8 Å². The molecule has 2 N–H and O–H groups in total. The van der Waals surface area contributed by atoms with Gasteiger partial charge in [-0.3, -0.25) is 4.79 Å². The fraction of sp³-hybridized carbons (Fsp3) is 0.562. The van der Waals surface area contributed by atoms with Crippen molar-refractivity contribution in [3.05, 3.63) is 28.8 Å². The van der Waals surface area contributed by atoms with Crippen molar-refractivity contribution >= 4 is 27.5 Å². The minimum atomic E-state index is -3.73. The van der Waals surface area contributed by atoms with Crippen LogP contribution in [0.1, 0.15) is 37.0 Å². The number of rotatable bonds is 8. The maximum atomic E-state index is 12.4. The molecule has 0 fully saturated rings. The maximum Gasteiger partial charge on any atom is 0.251 e. The van der Waals surface area contributed by atoms with Gasteiger partial charge in [-0.15, -0.1) is 0 Å². The molecule has 0 aliphatic heterocycles. The van der Waals surface area contributed by atoms with E-state index >= 15 is 0 Å². The van der Waals surface area contributed by atoms with Gasteiger partial charge in [-0.25, -0.2) is 12.7 Å². The van der Waals surface area contributed by atoms with Gasteiger partial charge in [-0.2, -0.15) is 0 Å². The lowest BCUT2D eigenvalue weighted by Crippen LogP contribution is -2.36. The van der Waals surface area contributed by atoms with Crippen molar-refractivity contribution in [2.75, 3.05) is 20.7 Å². The number of aliphatic hydroxyl groups excluding tert-OH is 1. The highest BCUT2D eigenvalue weighted by molar-refractivity contribution is 7.89. The number of halogens is 1. The van der Waals surface area contributed by atoms with Gasteiger partial charge in [0.1, 0.15) is 4.90 Å². The number of aliphatic hydroxyl groups is 1. The van der Waals surface area contributed by atoms with Gasteiger partial charge in [0.05, 0.1) is 5.02 Å². The topological polar surface area (TPSA) is 86.7 Å². The molecular formula is C16H25ClN2O4S. The molecule has 0 spiro atoms. The molecule has 0 heterocycles. The minimum Gasteiger partial charge on any atom is -0.396 e. The number of hydrogen-bond donors (Lipinski definition) is 2. The summed E-state index contributed by atoms with van der Waals surface area (Å²) in [7, 11) is -0.923. The molecule has 136 valence electrons. The second-order valence-corrected chi connectivity index (χ2v) is 8.56. The zero-order valence-corrected chi connectivity index (χ0v) is 16.0. The van der Waals surface area contributed by atoms with Crippen molar-refractivity contribution in [3.63, 3.8) is 0 Å². The summed E-state index contributed by atoms with van der Waals surface area (Å²) in [6, 6.07) is 4.10. The van der Waals surface area contributed by atoms with E-state index in [0.29, 0.717) is 12.8 Å². The summed E-state index contributed by atoms with van der Waals surface area (Å²) in [5, 5.41) is 12.1. The summed E-state index contributed by atoms with van der Waals surface area (Å²) in [6.07, 6.45) is 1.36. The maximum absolute atomic E-state index is 12.4. The van der Waals surface area contributed by atoms with Crippen LogP contribution in [0.2, 0.25) is 5.02 Å². The number of amides is 1. The van der Waals surface area contributed by atoms with Crippen LogP contribution < -0.4 is 5.32 Å². The Labute approximate surface area is 148 Å². The Morgan fingerprint density at radius 3 is 2.50 bits per heavy atom. The van der Waals surface area contributed by atoms with Gasteiger partial charge < -0.3 is 10.4 Å². The quantitative estimate of drug-likeness (QED) is 0.727. The Balaban J connectivity index is 3.04. The molecule has 0 bridgehead atoms. The Morgan fingerprint density at radius 2 is 2.00 bits per heavy atom. The Morgan fingerprint density at radius 1 is 1.38 bits per heavy atom. The van der Waals surface area contributed by atoms with E-state index in [0.717, 1.165) is 4.31 Å². The number of nitrogens with one attached hydrogen (secondary N) is 1. The molecule has 0 aliphatic rings. The molecule has 1 amide bonds. The van der Waals surface area contributed by atoms with E-state index in [1.165, 1.54) is 32.3 Å². The van der Waals surface area contributed by atoms with Crippen molar-refractivity contribution in [2.24, 2.45) is 5.92 Å². The van der Waals surface area contributed by atoms with E-state index < -0.39 is 10.0 Å². The minimum absolute atomic E-state index is 0.0541. The summed E-state index contributed by atoms with van der Waals surface area (Å²) in [4.78, 5) is 12.3. The molecule has 24 heavy (non-hydrogen) atoms. The first kappa shape index (κ1) is 20.9. The number of carbonyl (C=O) groups is 1. The highest BCUT2D eigenvalue weighted by Gasteiger charge is 2.23. The van der Waals surface area contributed by atoms with Gasteiger partial charge in [0.15, 0.2) is 0 Å². The van der Waals surface area contributed by atoms with Crippen molar-refractivity contribution < 1.29 is 18.3 Å². The van der Waals surface area contributed by atoms with Gasteiger partial charge in [0.2, 0.25) is 10.0 Å². The largest absolute Gasteiger partial charge is 0.396 e. The Hall–Kier alpha value is -1.15. The highest BCUT2D eigenvalue weighted by Crippen LogP contribution is 2.25. The van der Waals surface area contributed by atoms with Crippen LogP contribution in [-0.2, 0) is 10.0 Å². The van der Waals surface area contributed by atoms with Crippen LogP contribution >= 0.6 is 11.6 Å². The molecule has 0 saturated heterocycles. The molecule has 0 saturated carbocycles. The summed E-state index contributed by atoms with van der Waals surface area (Å²) < 4.78 is 25.6. The number of nitrogens with zero attached hydrogens (tertiary/aromatic N) is 1. The van der Waals surface area contributed by atoms with Gasteiger partial charge in [0.25, 0.3) is 5.91 Å². The lowest BCUT2D eigenvalue weighted by atomic mass is 10.0. The first-order valence-electron chi connectivity index (χ1n) is 7.77.